The average Bonchev–Trinajstić information content (AvgIpc) is 2.30. The van der Waals surface area contributed by atoms with Crippen LogP contribution in [-0.4, -0.2) is 88.3 Å². The molecule has 0 aromatic carbocycles. The number of nitrogens with zero attached hydrogens (tertiary/aromatic N) is 3. The topological polar surface area (TPSA) is 19.0 Å². The first kappa shape index (κ1) is 15.9. The van der Waals surface area contributed by atoms with Crippen LogP contribution in [0.3, 0.4) is 0 Å². The Kier molecular flexibility index (Phi) is 7.82. The summed E-state index contributed by atoms with van der Waals surface area (Å²) < 4.78 is 5.10. The number of likely N-dealkylation sites (tertiary alicyclic amines) is 1. The Hall–Kier alpha value is -0.160. The predicted molar refractivity (Wildman–Crippen MR) is 77.1 cm³/mol. The monoisotopic (exact) mass is 257 g/mol. The summed E-state index contributed by atoms with van der Waals surface area (Å²) >= 11 is 0. The molecule has 0 saturated carbocycles. The molecule has 0 aromatic heterocycles. The first-order valence-electron chi connectivity index (χ1n) is 7.24. The van der Waals surface area contributed by atoms with E-state index in [1.54, 1.807) is 7.11 Å². The van der Waals surface area contributed by atoms with Crippen LogP contribution in [0.2, 0.25) is 0 Å². The van der Waals surface area contributed by atoms with E-state index in [-0.39, 0.29) is 0 Å². The molecule has 0 radical (unpaired) electrons. The summed E-state index contributed by atoms with van der Waals surface area (Å²) in [6.07, 6.45) is 1.35. The summed E-state index contributed by atoms with van der Waals surface area (Å²) in [7, 11) is 6.07. The predicted octanol–water partition coefficient (Wildman–Crippen LogP) is 0.838. The lowest BCUT2D eigenvalue weighted by Crippen LogP contribution is -2.49. The Morgan fingerprint density at radius 1 is 1.17 bits per heavy atom. The van der Waals surface area contributed by atoms with Gasteiger partial charge < -0.3 is 19.4 Å². The van der Waals surface area contributed by atoms with E-state index >= 15 is 0 Å². The van der Waals surface area contributed by atoms with E-state index in [0.29, 0.717) is 0 Å². The van der Waals surface area contributed by atoms with Crippen molar-refractivity contribution >= 4 is 0 Å². The van der Waals surface area contributed by atoms with Crippen molar-refractivity contribution in [3.8, 4) is 0 Å². The molecule has 108 valence electrons. The van der Waals surface area contributed by atoms with Gasteiger partial charge in [-0.05, 0) is 39.5 Å². The van der Waals surface area contributed by atoms with E-state index in [4.69, 9.17) is 4.74 Å². The van der Waals surface area contributed by atoms with Crippen molar-refractivity contribution in [1.82, 2.24) is 14.7 Å². The summed E-state index contributed by atoms with van der Waals surface area (Å²) in [6, 6.07) is 0. The lowest BCUT2D eigenvalue weighted by molar-refractivity contribution is 0.0548. The average molecular weight is 257 g/mol. The fourth-order valence-electron chi connectivity index (χ4n) is 2.40. The highest BCUT2D eigenvalue weighted by molar-refractivity contribution is 4.80. The van der Waals surface area contributed by atoms with Gasteiger partial charge in [0.1, 0.15) is 0 Å². The molecule has 4 heteroatoms. The molecule has 0 atom stereocenters. The molecular weight excluding hydrogens is 226 g/mol. The van der Waals surface area contributed by atoms with Gasteiger partial charge in [0.15, 0.2) is 0 Å². The maximum atomic E-state index is 5.10. The Morgan fingerprint density at radius 2 is 1.89 bits per heavy atom. The summed E-state index contributed by atoms with van der Waals surface area (Å²) in [5.74, 6) is 0.912. The molecule has 0 unspecified atom stereocenters. The van der Waals surface area contributed by atoms with E-state index in [1.165, 1.54) is 45.7 Å². The third-order valence-corrected chi connectivity index (χ3v) is 3.81. The van der Waals surface area contributed by atoms with Crippen LogP contribution in [0.25, 0.3) is 0 Å². The molecule has 18 heavy (non-hydrogen) atoms. The van der Waals surface area contributed by atoms with Gasteiger partial charge in [-0.15, -0.1) is 0 Å². The second-order valence-corrected chi connectivity index (χ2v) is 5.64. The van der Waals surface area contributed by atoms with Gasteiger partial charge in [0.25, 0.3) is 0 Å². The zero-order valence-corrected chi connectivity index (χ0v) is 12.7. The fraction of sp³-hybridized carbons (Fsp3) is 1.00. The third-order valence-electron chi connectivity index (χ3n) is 3.81. The summed E-state index contributed by atoms with van der Waals surface area (Å²) in [5, 5.41) is 0. The second kappa shape index (κ2) is 8.86. The van der Waals surface area contributed by atoms with Crippen LogP contribution >= 0.6 is 0 Å². The summed E-state index contributed by atoms with van der Waals surface area (Å²) in [4.78, 5) is 7.32. The van der Waals surface area contributed by atoms with Crippen molar-refractivity contribution in [2.24, 2.45) is 5.92 Å². The van der Waals surface area contributed by atoms with Gasteiger partial charge in [-0.1, -0.05) is 6.92 Å². The molecule has 0 spiro atoms. The quantitative estimate of drug-likeness (QED) is 0.577. The number of hydrogen-bond donors (Lipinski definition) is 0. The van der Waals surface area contributed by atoms with Gasteiger partial charge in [-0.3, -0.25) is 0 Å². The van der Waals surface area contributed by atoms with Crippen molar-refractivity contribution in [2.75, 3.05) is 73.6 Å². The normalized spacial score (nSPS) is 17.7. The molecular formula is C14H31N3O. The molecule has 1 saturated heterocycles. The molecule has 4 nitrogen and oxygen atoms in total. The van der Waals surface area contributed by atoms with E-state index in [1.807, 2.05) is 0 Å². The first-order chi connectivity index (χ1) is 8.65. The molecule has 1 aliphatic heterocycles. The van der Waals surface area contributed by atoms with Gasteiger partial charge in [0, 0.05) is 39.8 Å². The maximum Gasteiger partial charge on any atom is 0.0589 e. The van der Waals surface area contributed by atoms with Crippen molar-refractivity contribution < 1.29 is 4.74 Å². The highest BCUT2D eigenvalue weighted by atomic mass is 16.5. The molecule has 0 aliphatic carbocycles. The van der Waals surface area contributed by atoms with E-state index in [0.717, 1.165) is 19.1 Å². The Bertz CT molecular complexity index is 205. The zero-order chi connectivity index (χ0) is 13.4. The molecule has 1 heterocycles. The van der Waals surface area contributed by atoms with Gasteiger partial charge >= 0.3 is 0 Å². The zero-order valence-electron chi connectivity index (χ0n) is 12.7. The largest absolute Gasteiger partial charge is 0.383 e. The Labute approximate surface area is 113 Å². The molecule has 0 amide bonds. The molecule has 1 aliphatic rings. The minimum atomic E-state index is 0.872. The molecule has 1 fully saturated rings. The third kappa shape index (κ3) is 6.14. The van der Waals surface area contributed by atoms with Crippen molar-refractivity contribution in [2.45, 2.75) is 13.3 Å². The molecule has 0 aromatic rings. The summed E-state index contributed by atoms with van der Waals surface area (Å²) in [6.45, 7) is 11.6. The Morgan fingerprint density at radius 3 is 2.44 bits per heavy atom. The lowest BCUT2D eigenvalue weighted by atomic mass is 9.96. The van der Waals surface area contributed by atoms with Gasteiger partial charge in [-0.25, -0.2) is 0 Å². The SMILES string of the molecule is CCN(CCC1CN(CCOC)C1)CCN(C)C. The van der Waals surface area contributed by atoms with E-state index in [9.17, 15) is 0 Å². The van der Waals surface area contributed by atoms with E-state index < -0.39 is 0 Å². The highest BCUT2D eigenvalue weighted by Gasteiger charge is 2.25. The molecule has 1 rings (SSSR count). The number of hydrogen-bond acceptors (Lipinski definition) is 4. The van der Waals surface area contributed by atoms with Crippen LogP contribution in [-0.2, 0) is 4.74 Å². The Balaban J connectivity index is 2.02. The smallest absolute Gasteiger partial charge is 0.0589 e. The van der Waals surface area contributed by atoms with Crippen LogP contribution in [0.15, 0.2) is 0 Å². The van der Waals surface area contributed by atoms with Crippen molar-refractivity contribution in [1.29, 1.82) is 0 Å². The number of likely N-dealkylation sites (N-methyl/N-ethyl adjacent to an activating group) is 2. The highest BCUT2D eigenvalue weighted by Crippen LogP contribution is 2.18. The van der Waals surface area contributed by atoms with Crippen LogP contribution in [0.4, 0.5) is 0 Å². The lowest BCUT2D eigenvalue weighted by Gasteiger charge is -2.40. The van der Waals surface area contributed by atoms with Gasteiger partial charge in [0.2, 0.25) is 0 Å². The maximum absolute atomic E-state index is 5.10. The van der Waals surface area contributed by atoms with Crippen LogP contribution in [0.1, 0.15) is 13.3 Å². The number of methoxy groups -OCH3 is 1. The van der Waals surface area contributed by atoms with Crippen molar-refractivity contribution in [3.63, 3.8) is 0 Å². The second-order valence-electron chi connectivity index (χ2n) is 5.64. The molecule has 0 bridgehead atoms. The van der Waals surface area contributed by atoms with Crippen molar-refractivity contribution in [3.05, 3.63) is 0 Å². The van der Waals surface area contributed by atoms with Gasteiger partial charge in [0.05, 0.1) is 6.61 Å². The fourth-order valence-corrected chi connectivity index (χ4v) is 2.40. The number of ether oxygens (including phenoxy) is 1. The minimum absolute atomic E-state index is 0.872. The van der Waals surface area contributed by atoms with Crippen LogP contribution in [0, 0.1) is 5.92 Å². The minimum Gasteiger partial charge on any atom is -0.383 e. The van der Waals surface area contributed by atoms with Gasteiger partial charge in [-0.2, -0.15) is 0 Å². The summed E-state index contributed by atoms with van der Waals surface area (Å²) in [5.41, 5.74) is 0. The first-order valence-corrected chi connectivity index (χ1v) is 7.24. The van der Waals surface area contributed by atoms with Crippen LogP contribution in [0.5, 0.6) is 0 Å². The standard InChI is InChI=1S/C14H31N3O/c1-5-16(9-8-15(2)3)7-6-14-12-17(13-14)10-11-18-4/h14H,5-13H2,1-4H3. The number of rotatable bonds is 10. The van der Waals surface area contributed by atoms with E-state index in [2.05, 4.69) is 35.7 Å². The van der Waals surface area contributed by atoms with Crippen LogP contribution < -0.4 is 0 Å². The molecule has 0 N–H and O–H groups in total.